The van der Waals surface area contributed by atoms with Crippen LogP contribution in [0.1, 0.15) is 38.8 Å². The molecule has 6 rings (SSSR count). The maximum Gasteiger partial charge on any atom is 0.308 e. The number of ether oxygens (including phenoxy) is 2. The van der Waals surface area contributed by atoms with Crippen molar-refractivity contribution in [3.8, 4) is 33.1 Å². The van der Waals surface area contributed by atoms with Gasteiger partial charge in [0.1, 0.15) is 17.1 Å². The van der Waals surface area contributed by atoms with E-state index in [4.69, 9.17) is 13.9 Å². The van der Waals surface area contributed by atoms with Gasteiger partial charge >= 0.3 is 5.97 Å². The molecule has 0 aliphatic rings. The zero-order chi connectivity index (χ0) is 31.7. The largest absolute Gasteiger partial charge is 0.497 e. The van der Waals surface area contributed by atoms with Crippen molar-refractivity contribution >= 4 is 46.0 Å². The number of esters is 1. The minimum absolute atomic E-state index is 0.0314. The average Bonchev–Trinajstić information content (AvgIpc) is 3.70. The molecule has 0 aliphatic heterocycles. The van der Waals surface area contributed by atoms with E-state index in [-0.39, 0.29) is 11.6 Å². The van der Waals surface area contributed by atoms with Crippen molar-refractivity contribution in [3.63, 3.8) is 0 Å². The summed E-state index contributed by atoms with van der Waals surface area (Å²) in [6.07, 6.45) is 0. The number of benzene rings is 4. The molecule has 4 aromatic carbocycles. The van der Waals surface area contributed by atoms with E-state index in [2.05, 4.69) is 0 Å². The van der Waals surface area contributed by atoms with E-state index < -0.39 is 17.8 Å². The van der Waals surface area contributed by atoms with E-state index in [0.717, 1.165) is 26.5 Å². The van der Waals surface area contributed by atoms with Crippen LogP contribution in [-0.2, 0) is 4.79 Å². The van der Waals surface area contributed by atoms with Gasteiger partial charge < -0.3 is 13.9 Å². The normalized spacial score (nSPS) is 10.9. The van der Waals surface area contributed by atoms with Crippen LogP contribution in [0.25, 0.3) is 32.5 Å². The van der Waals surface area contributed by atoms with Crippen LogP contribution in [0.4, 0.5) is 5.88 Å². The number of hydrogen-bond acceptors (Lipinski definition) is 7. The first kappa shape index (κ1) is 29.6. The van der Waals surface area contributed by atoms with Crippen molar-refractivity contribution in [2.45, 2.75) is 20.8 Å². The molecule has 0 saturated carbocycles. The van der Waals surface area contributed by atoms with Gasteiger partial charge in [-0.2, -0.15) is 0 Å². The second kappa shape index (κ2) is 12.3. The molecule has 45 heavy (non-hydrogen) atoms. The maximum absolute atomic E-state index is 14.3. The summed E-state index contributed by atoms with van der Waals surface area (Å²) in [6.45, 7) is 5.18. The third-order valence-electron chi connectivity index (χ3n) is 7.39. The SMILES string of the molecule is COc1ccc(-c2cc(OC(C)=O)c3c(-c4cccs4)c(N(C(=O)c4ccc(C)cc4)C(=O)c4ccc(C)cc4)oc3c2)cc1. The molecule has 2 amide bonds. The van der Waals surface area contributed by atoms with Gasteiger partial charge in [0.25, 0.3) is 11.8 Å². The fourth-order valence-corrected chi connectivity index (χ4v) is 5.87. The van der Waals surface area contributed by atoms with Gasteiger partial charge in [-0.05, 0) is 85.0 Å². The lowest BCUT2D eigenvalue weighted by molar-refractivity contribution is -0.131. The highest BCUT2D eigenvalue weighted by Gasteiger charge is 2.34. The standard InChI is InChI=1S/C37H29NO6S/c1-22-7-11-26(12-8-22)35(40)38(36(41)27-13-9-23(2)10-14-27)37-34(32-6-5-19-45-32)33-30(43-24(3)39)20-28(21-31(33)44-37)25-15-17-29(42-4)18-16-25/h5-21H,1-4H3. The highest BCUT2D eigenvalue weighted by atomic mass is 32.1. The maximum atomic E-state index is 14.3. The zero-order valence-corrected chi connectivity index (χ0v) is 25.9. The first-order valence-corrected chi connectivity index (χ1v) is 15.1. The highest BCUT2D eigenvalue weighted by molar-refractivity contribution is 7.13. The second-order valence-electron chi connectivity index (χ2n) is 10.6. The molecular weight excluding hydrogens is 586 g/mol. The van der Waals surface area contributed by atoms with Crippen molar-refractivity contribution in [1.82, 2.24) is 0 Å². The molecule has 0 unspecified atom stereocenters. The first-order valence-electron chi connectivity index (χ1n) is 14.2. The van der Waals surface area contributed by atoms with Crippen LogP contribution in [0.15, 0.2) is 107 Å². The number of rotatable bonds is 7. The number of hydrogen-bond donors (Lipinski definition) is 0. The van der Waals surface area contributed by atoms with Gasteiger partial charge in [-0.25, -0.2) is 4.90 Å². The van der Waals surface area contributed by atoms with Gasteiger partial charge in [-0.1, -0.05) is 53.6 Å². The number of methoxy groups -OCH3 is 1. The van der Waals surface area contributed by atoms with E-state index >= 15 is 0 Å². The van der Waals surface area contributed by atoms with E-state index in [9.17, 15) is 14.4 Å². The van der Waals surface area contributed by atoms with Crippen molar-refractivity contribution in [2.24, 2.45) is 0 Å². The summed E-state index contributed by atoms with van der Waals surface area (Å²) in [6, 6.07) is 28.8. The van der Waals surface area contributed by atoms with Crippen LogP contribution in [0.3, 0.4) is 0 Å². The number of anilines is 1. The van der Waals surface area contributed by atoms with Gasteiger partial charge in [-0.15, -0.1) is 11.3 Å². The van der Waals surface area contributed by atoms with Gasteiger partial charge in [0, 0.05) is 22.9 Å². The molecule has 2 aromatic heterocycles. The highest BCUT2D eigenvalue weighted by Crippen LogP contribution is 2.48. The Morgan fingerprint density at radius 1 is 0.756 bits per heavy atom. The number of nitrogens with zero attached hydrogens (tertiary/aromatic N) is 1. The summed E-state index contributed by atoms with van der Waals surface area (Å²) < 4.78 is 17.6. The number of imide groups is 1. The van der Waals surface area contributed by atoms with Crippen molar-refractivity contribution in [1.29, 1.82) is 0 Å². The number of carbonyl (C=O) groups excluding carboxylic acids is 3. The number of furan rings is 1. The van der Waals surface area contributed by atoms with Crippen LogP contribution < -0.4 is 14.4 Å². The van der Waals surface area contributed by atoms with Gasteiger partial charge in [0.05, 0.1) is 18.1 Å². The lowest BCUT2D eigenvalue weighted by atomic mass is 10.0. The van der Waals surface area contributed by atoms with Crippen LogP contribution in [0, 0.1) is 13.8 Å². The summed E-state index contributed by atoms with van der Waals surface area (Å²) in [5.41, 5.74) is 4.93. The molecule has 2 heterocycles. The van der Waals surface area contributed by atoms with Gasteiger partial charge in [0.15, 0.2) is 0 Å². The molecule has 0 saturated heterocycles. The lowest BCUT2D eigenvalue weighted by Gasteiger charge is -2.20. The van der Waals surface area contributed by atoms with Crippen molar-refractivity contribution in [2.75, 3.05) is 12.0 Å². The number of carbonyl (C=O) groups is 3. The van der Waals surface area contributed by atoms with Crippen LogP contribution >= 0.6 is 11.3 Å². The van der Waals surface area contributed by atoms with Crippen LogP contribution in [0.5, 0.6) is 11.5 Å². The molecule has 0 bridgehead atoms. The molecular formula is C37H29NO6S. The quantitative estimate of drug-likeness (QED) is 0.101. The van der Waals surface area contributed by atoms with Crippen LogP contribution in [-0.4, -0.2) is 24.9 Å². The molecule has 224 valence electrons. The number of fused-ring (bicyclic) bond motifs is 1. The predicted molar refractivity (Wildman–Crippen MR) is 176 cm³/mol. The van der Waals surface area contributed by atoms with E-state index in [1.807, 2.05) is 86.0 Å². The molecule has 8 heteroatoms. The molecule has 0 aliphatic carbocycles. The third-order valence-corrected chi connectivity index (χ3v) is 8.27. The van der Waals surface area contributed by atoms with E-state index in [1.54, 1.807) is 37.4 Å². The van der Waals surface area contributed by atoms with Crippen molar-refractivity contribution < 1.29 is 28.3 Å². The number of aryl methyl sites for hydroxylation is 2. The lowest BCUT2D eigenvalue weighted by Crippen LogP contribution is -2.37. The second-order valence-corrected chi connectivity index (χ2v) is 11.6. The van der Waals surface area contributed by atoms with E-state index in [0.29, 0.717) is 39.0 Å². The molecule has 0 spiro atoms. The molecule has 0 N–H and O–H groups in total. The Balaban J connectivity index is 1.64. The Hall–Kier alpha value is -5.47. The minimum atomic E-state index is -0.554. The summed E-state index contributed by atoms with van der Waals surface area (Å²) in [5.74, 6) is -0.658. The first-order chi connectivity index (χ1) is 21.7. The summed E-state index contributed by atoms with van der Waals surface area (Å²) in [5, 5.41) is 2.36. The fourth-order valence-electron chi connectivity index (χ4n) is 5.10. The summed E-state index contributed by atoms with van der Waals surface area (Å²) in [7, 11) is 1.60. The Labute approximate surface area is 264 Å². The molecule has 6 aromatic rings. The Bertz CT molecular complexity index is 1970. The third kappa shape index (κ3) is 5.88. The van der Waals surface area contributed by atoms with Gasteiger partial charge in [0.2, 0.25) is 5.88 Å². The minimum Gasteiger partial charge on any atom is -0.497 e. The van der Waals surface area contributed by atoms with Gasteiger partial charge in [-0.3, -0.25) is 14.4 Å². The molecule has 0 radical (unpaired) electrons. The Kier molecular flexibility index (Phi) is 8.06. The molecule has 0 fully saturated rings. The number of thiophene rings is 1. The summed E-state index contributed by atoms with van der Waals surface area (Å²) in [4.78, 5) is 42.8. The smallest absolute Gasteiger partial charge is 0.308 e. The summed E-state index contributed by atoms with van der Waals surface area (Å²) >= 11 is 1.41. The Morgan fingerprint density at radius 3 is 1.87 bits per heavy atom. The predicted octanol–water partition coefficient (Wildman–Crippen LogP) is 8.87. The van der Waals surface area contributed by atoms with Crippen molar-refractivity contribution in [3.05, 3.63) is 125 Å². The Morgan fingerprint density at radius 2 is 1.36 bits per heavy atom. The average molecular weight is 616 g/mol. The number of amides is 2. The van der Waals surface area contributed by atoms with Crippen LogP contribution in [0.2, 0.25) is 0 Å². The zero-order valence-electron chi connectivity index (χ0n) is 25.1. The topological polar surface area (TPSA) is 86.0 Å². The monoisotopic (exact) mass is 615 g/mol. The molecule has 0 atom stereocenters. The van der Waals surface area contributed by atoms with E-state index in [1.165, 1.54) is 18.3 Å². The fraction of sp³-hybridized carbons (Fsp3) is 0.108. The molecule has 7 nitrogen and oxygen atoms in total.